The molecule has 2 amide bonds. The highest BCUT2D eigenvalue weighted by Crippen LogP contribution is 2.23. The lowest BCUT2D eigenvalue weighted by Crippen LogP contribution is -2.34. The van der Waals surface area contributed by atoms with Crippen LogP contribution in [0.2, 0.25) is 0 Å². The second kappa shape index (κ2) is 11.4. The van der Waals surface area contributed by atoms with Gasteiger partial charge in [-0.25, -0.2) is 5.43 Å². The summed E-state index contributed by atoms with van der Waals surface area (Å²) in [6.45, 7) is 2.57. The Morgan fingerprint density at radius 2 is 1.70 bits per heavy atom. The van der Waals surface area contributed by atoms with Crippen LogP contribution in [-0.4, -0.2) is 41.6 Å². The minimum Gasteiger partial charge on any atom is -0.374 e. The molecule has 1 aliphatic rings. The number of aliphatic hydroxyl groups excluding tert-OH is 1. The number of rotatable bonds is 12. The summed E-state index contributed by atoms with van der Waals surface area (Å²) in [5, 5.41) is 9.80. The van der Waals surface area contributed by atoms with Crippen LogP contribution in [0.4, 0.5) is 0 Å². The van der Waals surface area contributed by atoms with Crippen LogP contribution in [0.15, 0.2) is 0 Å². The number of amides is 2. The van der Waals surface area contributed by atoms with Gasteiger partial charge in [-0.2, -0.15) is 0 Å². The first-order valence-corrected chi connectivity index (χ1v) is 9.00. The minimum atomic E-state index is -0.572. The fraction of sp³-hybridized carbons (Fsp3) is 0.882. The van der Waals surface area contributed by atoms with Crippen LogP contribution in [0.25, 0.3) is 0 Å². The van der Waals surface area contributed by atoms with E-state index in [0.717, 1.165) is 25.7 Å². The van der Waals surface area contributed by atoms with Gasteiger partial charge in [0, 0.05) is 32.4 Å². The Morgan fingerprint density at radius 1 is 1.13 bits per heavy atom. The number of nitrogens with zero attached hydrogens (tertiary/aromatic N) is 1. The Balaban J connectivity index is 1.89. The molecule has 6 nitrogen and oxygen atoms in total. The zero-order valence-electron chi connectivity index (χ0n) is 14.6. The molecule has 2 atom stereocenters. The molecule has 1 saturated heterocycles. The Morgan fingerprint density at radius 3 is 2.22 bits per heavy atom. The van der Waals surface area contributed by atoms with E-state index in [9.17, 15) is 14.7 Å². The topological polar surface area (TPSA) is 81.7 Å². The molecule has 0 spiro atoms. The number of likely N-dealkylation sites (tertiary alicyclic amines) is 1. The highest BCUT2D eigenvalue weighted by Gasteiger charge is 2.34. The maximum absolute atomic E-state index is 11.8. The Bertz CT molecular complexity index is 363. The second-order valence-corrected chi connectivity index (χ2v) is 6.53. The van der Waals surface area contributed by atoms with Crippen molar-refractivity contribution in [3.63, 3.8) is 0 Å². The minimum absolute atomic E-state index is 0.0276. The summed E-state index contributed by atoms with van der Waals surface area (Å²) in [7, 11) is 1.69. The third-order valence-corrected chi connectivity index (χ3v) is 4.45. The van der Waals surface area contributed by atoms with Crippen molar-refractivity contribution in [3.05, 3.63) is 0 Å². The predicted octanol–water partition coefficient (Wildman–Crippen LogP) is 1.93. The monoisotopic (exact) mass is 327 g/mol. The van der Waals surface area contributed by atoms with Gasteiger partial charge < -0.3 is 10.0 Å². The van der Waals surface area contributed by atoms with E-state index in [-0.39, 0.29) is 17.7 Å². The van der Waals surface area contributed by atoms with Crippen molar-refractivity contribution in [2.45, 2.75) is 77.4 Å². The molecule has 0 aromatic heterocycles. The lowest BCUT2D eigenvalue weighted by Gasteiger charge is -2.20. The molecule has 1 rings (SSSR count). The van der Waals surface area contributed by atoms with Crippen molar-refractivity contribution in [1.29, 1.82) is 0 Å². The maximum Gasteiger partial charge on any atom is 0.234 e. The van der Waals surface area contributed by atoms with Crippen molar-refractivity contribution in [1.82, 2.24) is 15.8 Å². The molecule has 0 aromatic carbocycles. The third-order valence-electron chi connectivity index (χ3n) is 4.45. The molecule has 1 heterocycles. The molecule has 23 heavy (non-hydrogen) atoms. The van der Waals surface area contributed by atoms with Gasteiger partial charge in [0.05, 0.1) is 0 Å². The molecular formula is C17H33N3O3. The Kier molecular flexibility index (Phi) is 9.87. The lowest BCUT2D eigenvalue weighted by molar-refractivity contribution is -0.135. The first-order chi connectivity index (χ1) is 11.1. The predicted molar refractivity (Wildman–Crippen MR) is 90.3 cm³/mol. The van der Waals surface area contributed by atoms with Gasteiger partial charge in [-0.15, -0.1) is 0 Å². The van der Waals surface area contributed by atoms with Gasteiger partial charge in [0.25, 0.3) is 0 Å². The number of nitrogens with one attached hydrogen (secondary N) is 2. The zero-order chi connectivity index (χ0) is 17.1. The smallest absolute Gasteiger partial charge is 0.234 e. The van der Waals surface area contributed by atoms with E-state index in [0.29, 0.717) is 19.4 Å². The molecule has 0 saturated carbocycles. The van der Waals surface area contributed by atoms with Crippen molar-refractivity contribution in [2.75, 3.05) is 13.6 Å². The molecule has 134 valence electrons. The van der Waals surface area contributed by atoms with E-state index in [1.165, 1.54) is 25.7 Å². The largest absolute Gasteiger partial charge is 0.374 e. The quantitative estimate of drug-likeness (QED) is 0.378. The molecule has 1 aliphatic heterocycles. The molecule has 2 unspecified atom stereocenters. The maximum atomic E-state index is 11.8. The molecule has 3 N–H and O–H groups in total. The van der Waals surface area contributed by atoms with Crippen molar-refractivity contribution in [3.8, 4) is 0 Å². The summed E-state index contributed by atoms with van der Waals surface area (Å²) in [6.07, 6.45) is 9.47. The number of aliphatic hydroxyl groups is 1. The second-order valence-electron chi connectivity index (χ2n) is 6.53. The van der Waals surface area contributed by atoms with Crippen LogP contribution in [0.1, 0.15) is 71.1 Å². The summed E-state index contributed by atoms with van der Waals surface area (Å²) in [4.78, 5) is 24.6. The average Bonchev–Trinajstić information content (AvgIpc) is 2.75. The van der Waals surface area contributed by atoms with Gasteiger partial charge >= 0.3 is 0 Å². The number of carbonyl (C=O) groups excluding carboxylic acids is 2. The number of hydrogen-bond acceptors (Lipinski definition) is 4. The first-order valence-electron chi connectivity index (χ1n) is 9.00. The van der Waals surface area contributed by atoms with Crippen LogP contribution in [0, 0.1) is 5.92 Å². The van der Waals surface area contributed by atoms with Crippen LogP contribution in [0.5, 0.6) is 0 Å². The van der Waals surface area contributed by atoms with Crippen LogP contribution < -0.4 is 10.9 Å². The Hall–Kier alpha value is -1.14. The number of unbranched alkanes of at least 4 members (excludes halogenated alkanes) is 7. The molecule has 0 bridgehead atoms. The van der Waals surface area contributed by atoms with Gasteiger partial charge in [0.1, 0.15) is 6.23 Å². The molecule has 0 radical (unpaired) electrons. The number of carbonyl (C=O) groups is 2. The summed E-state index contributed by atoms with van der Waals surface area (Å²) in [5.41, 5.74) is 5.20. The number of hydrogen-bond donors (Lipinski definition) is 3. The SMILES string of the molecule is CNNC(=O)CCCCCCCCCCN1C(=O)C(C)CC1O. The highest BCUT2D eigenvalue weighted by atomic mass is 16.3. The fourth-order valence-electron chi connectivity index (χ4n) is 3.06. The molecule has 6 heteroatoms. The van der Waals surface area contributed by atoms with Crippen molar-refractivity contribution < 1.29 is 14.7 Å². The van der Waals surface area contributed by atoms with Crippen LogP contribution >= 0.6 is 0 Å². The summed E-state index contributed by atoms with van der Waals surface area (Å²) < 4.78 is 0. The molecule has 1 fully saturated rings. The first kappa shape index (κ1) is 19.9. The van der Waals surface area contributed by atoms with Gasteiger partial charge in [0.15, 0.2) is 0 Å². The van der Waals surface area contributed by atoms with Crippen LogP contribution in [0.3, 0.4) is 0 Å². The fourth-order valence-corrected chi connectivity index (χ4v) is 3.06. The van der Waals surface area contributed by atoms with E-state index in [4.69, 9.17) is 0 Å². The van der Waals surface area contributed by atoms with Crippen molar-refractivity contribution in [2.24, 2.45) is 5.92 Å². The normalized spacial score (nSPS) is 21.0. The van der Waals surface area contributed by atoms with E-state index < -0.39 is 6.23 Å². The average molecular weight is 327 g/mol. The van der Waals surface area contributed by atoms with Crippen LogP contribution in [-0.2, 0) is 9.59 Å². The van der Waals surface area contributed by atoms with Crippen molar-refractivity contribution >= 4 is 11.8 Å². The van der Waals surface area contributed by atoms with E-state index in [1.807, 2.05) is 6.92 Å². The van der Waals surface area contributed by atoms with Gasteiger partial charge in [-0.05, 0) is 12.8 Å². The van der Waals surface area contributed by atoms with Gasteiger partial charge in [0.2, 0.25) is 11.8 Å². The molecule has 0 aromatic rings. The third kappa shape index (κ3) is 7.79. The highest BCUT2D eigenvalue weighted by molar-refractivity contribution is 5.80. The zero-order valence-corrected chi connectivity index (χ0v) is 14.6. The van der Waals surface area contributed by atoms with E-state index >= 15 is 0 Å². The number of hydrazine groups is 1. The summed E-state index contributed by atoms with van der Waals surface area (Å²) in [5.74, 6) is 0.125. The Labute approximate surface area is 140 Å². The van der Waals surface area contributed by atoms with Gasteiger partial charge in [-0.1, -0.05) is 45.4 Å². The lowest BCUT2D eigenvalue weighted by atomic mass is 10.1. The van der Waals surface area contributed by atoms with Gasteiger partial charge in [-0.3, -0.25) is 15.0 Å². The summed E-state index contributed by atoms with van der Waals surface area (Å²) in [6, 6.07) is 0. The van der Waals surface area contributed by atoms with E-state index in [1.54, 1.807) is 11.9 Å². The van der Waals surface area contributed by atoms with E-state index in [2.05, 4.69) is 10.9 Å². The standard InChI is InChI=1S/C17H33N3O3/c1-14-13-16(22)20(17(14)23)12-10-8-6-4-3-5-7-9-11-15(21)19-18-2/h14,16,18,22H,3-13H2,1-2H3,(H,19,21). The summed E-state index contributed by atoms with van der Waals surface area (Å²) >= 11 is 0. The molecular weight excluding hydrogens is 294 g/mol. The molecule has 0 aliphatic carbocycles.